The Hall–Kier alpha value is -2.58. The van der Waals surface area contributed by atoms with Crippen LogP contribution in [0.3, 0.4) is 0 Å². The molecule has 1 aromatic carbocycles. The van der Waals surface area contributed by atoms with Crippen molar-refractivity contribution in [1.29, 1.82) is 0 Å². The molecule has 0 amide bonds. The average molecular weight is 422 g/mol. The lowest BCUT2D eigenvalue weighted by atomic mass is 10.1. The van der Waals surface area contributed by atoms with Gasteiger partial charge in [0.1, 0.15) is 11.6 Å². The van der Waals surface area contributed by atoms with Crippen molar-refractivity contribution < 1.29 is 13.2 Å². The van der Waals surface area contributed by atoms with Gasteiger partial charge in [-0.15, -0.1) is 10.2 Å². The Balaban J connectivity index is 1.37. The van der Waals surface area contributed by atoms with Crippen LogP contribution in [-0.2, 0) is 32.0 Å². The molecule has 2 N–H and O–H groups in total. The number of fused-ring (bicyclic) bond motifs is 1. The monoisotopic (exact) mass is 422 g/mol. The molecular formula is C21H29F3N6. The van der Waals surface area contributed by atoms with Gasteiger partial charge in [-0.05, 0) is 43.4 Å². The molecule has 0 atom stereocenters. The van der Waals surface area contributed by atoms with E-state index in [1.165, 1.54) is 31.4 Å². The summed E-state index contributed by atoms with van der Waals surface area (Å²) in [4.78, 5) is 4.20. The number of rotatable bonds is 7. The smallest absolute Gasteiger partial charge is 0.356 e. The van der Waals surface area contributed by atoms with Crippen molar-refractivity contribution in [2.45, 2.75) is 57.7 Å². The number of hydrogen-bond donors (Lipinski definition) is 2. The van der Waals surface area contributed by atoms with Crippen LogP contribution in [0.25, 0.3) is 0 Å². The van der Waals surface area contributed by atoms with E-state index >= 15 is 0 Å². The van der Waals surface area contributed by atoms with Crippen LogP contribution < -0.4 is 10.6 Å². The molecule has 3 rings (SSSR count). The molecule has 0 unspecified atom stereocenters. The van der Waals surface area contributed by atoms with Crippen molar-refractivity contribution in [3.8, 4) is 0 Å². The second-order valence-corrected chi connectivity index (χ2v) is 7.47. The molecule has 0 fully saturated rings. The molecule has 164 valence electrons. The number of aliphatic imine (C=N–C) groups is 1. The summed E-state index contributed by atoms with van der Waals surface area (Å²) < 4.78 is 40.1. The zero-order valence-corrected chi connectivity index (χ0v) is 17.3. The largest absolute Gasteiger partial charge is 0.416 e. The van der Waals surface area contributed by atoms with E-state index in [9.17, 15) is 13.2 Å². The van der Waals surface area contributed by atoms with Crippen molar-refractivity contribution >= 4 is 5.96 Å². The maximum atomic E-state index is 12.6. The number of nitrogens with one attached hydrogen (secondary N) is 2. The molecule has 0 spiro atoms. The number of benzene rings is 1. The lowest BCUT2D eigenvalue weighted by Gasteiger charge is -2.12. The molecule has 0 radical (unpaired) electrons. The molecule has 0 saturated carbocycles. The summed E-state index contributed by atoms with van der Waals surface area (Å²) >= 11 is 0. The first kappa shape index (κ1) is 22.1. The average Bonchev–Trinajstić information content (AvgIpc) is 2.95. The number of aromatic nitrogens is 3. The van der Waals surface area contributed by atoms with Gasteiger partial charge in [-0.3, -0.25) is 4.99 Å². The van der Waals surface area contributed by atoms with Crippen LogP contribution in [0, 0.1) is 0 Å². The van der Waals surface area contributed by atoms with E-state index in [1.807, 2.05) is 0 Å². The van der Waals surface area contributed by atoms with Crippen molar-refractivity contribution in [3.63, 3.8) is 0 Å². The Morgan fingerprint density at radius 2 is 1.80 bits per heavy atom. The van der Waals surface area contributed by atoms with Gasteiger partial charge in [0.05, 0.1) is 5.56 Å². The van der Waals surface area contributed by atoms with Gasteiger partial charge in [0.25, 0.3) is 0 Å². The number of nitrogens with zero attached hydrogens (tertiary/aromatic N) is 4. The second-order valence-electron chi connectivity index (χ2n) is 7.47. The minimum Gasteiger partial charge on any atom is -0.356 e. The first-order chi connectivity index (χ1) is 14.5. The number of guanidine groups is 1. The molecule has 1 aliphatic rings. The van der Waals surface area contributed by atoms with E-state index in [0.29, 0.717) is 18.9 Å². The van der Waals surface area contributed by atoms with Crippen LogP contribution in [0.15, 0.2) is 29.3 Å². The zero-order chi connectivity index (χ0) is 21.4. The van der Waals surface area contributed by atoms with Gasteiger partial charge in [-0.2, -0.15) is 13.2 Å². The predicted molar refractivity (Wildman–Crippen MR) is 110 cm³/mol. The molecule has 2 aromatic rings. The molecule has 0 bridgehead atoms. The van der Waals surface area contributed by atoms with Gasteiger partial charge in [-0.25, -0.2) is 0 Å². The highest BCUT2D eigenvalue weighted by Crippen LogP contribution is 2.29. The maximum absolute atomic E-state index is 12.6. The first-order valence-electron chi connectivity index (χ1n) is 10.5. The number of hydrogen-bond acceptors (Lipinski definition) is 3. The second kappa shape index (κ2) is 10.4. The Morgan fingerprint density at radius 1 is 1.03 bits per heavy atom. The first-order valence-corrected chi connectivity index (χ1v) is 10.5. The van der Waals surface area contributed by atoms with Crippen LogP contribution in [0.4, 0.5) is 13.2 Å². The fourth-order valence-corrected chi connectivity index (χ4v) is 3.59. The number of aryl methyl sites for hydroxylation is 2. The van der Waals surface area contributed by atoms with E-state index in [0.717, 1.165) is 61.7 Å². The SMILES string of the molecule is CN=C(NCCCc1nnc2n1CCCCC2)NCCc1ccc(C(F)(F)F)cc1. The normalized spacial score (nSPS) is 14.9. The summed E-state index contributed by atoms with van der Waals surface area (Å²) in [7, 11) is 1.70. The molecule has 0 aliphatic carbocycles. The molecule has 30 heavy (non-hydrogen) atoms. The van der Waals surface area contributed by atoms with Gasteiger partial charge >= 0.3 is 6.18 Å². The summed E-state index contributed by atoms with van der Waals surface area (Å²) in [6.07, 6.45) is 2.73. The van der Waals surface area contributed by atoms with E-state index in [1.54, 1.807) is 7.05 Å². The fraction of sp³-hybridized carbons (Fsp3) is 0.571. The Kier molecular flexibility index (Phi) is 7.70. The lowest BCUT2D eigenvalue weighted by molar-refractivity contribution is -0.137. The van der Waals surface area contributed by atoms with Crippen LogP contribution in [0.1, 0.15) is 48.5 Å². The molecule has 1 aromatic heterocycles. The third-order valence-electron chi connectivity index (χ3n) is 5.27. The topological polar surface area (TPSA) is 67.1 Å². The number of alkyl halides is 3. The van der Waals surface area contributed by atoms with E-state index in [4.69, 9.17) is 0 Å². The van der Waals surface area contributed by atoms with Crippen LogP contribution in [-0.4, -0.2) is 40.9 Å². The summed E-state index contributed by atoms with van der Waals surface area (Å²) in [6.45, 7) is 2.35. The summed E-state index contributed by atoms with van der Waals surface area (Å²) in [5.41, 5.74) is 0.222. The Bertz CT molecular complexity index is 826. The lowest BCUT2D eigenvalue weighted by Crippen LogP contribution is -2.38. The van der Waals surface area contributed by atoms with E-state index < -0.39 is 11.7 Å². The molecular weight excluding hydrogens is 393 g/mol. The zero-order valence-electron chi connectivity index (χ0n) is 17.3. The van der Waals surface area contributed by atoms with Gasteiger partial charge in [-0.1, -0.05) is 18.6 Å². The quantitative estimate of drug-likeness (QED) is 0.408. The van der Waals surface area contributed by atoms with Crippen LogP contribution in [0.5, 0.6) is 0 Å². The minimum absolute atomic E-state index is 0.586. The summed E-state index contributed by atoms with van der Waals surface area (Å²) in [5, 5.41) is 15.1. The van der Waals surface area contributed by atoms with Gasteiger partial charge in [0.15, 0.2) is 5.96 Å². The van der Waals surface area contributed by atoms with E-state index in [-0.39, 0.29) is 0 Å². The third-order valence-corrected chi connectivity index (χ3v) is 5.27. The summed E-state index contributed by atoms with van der Waals surface area (Å²) in [5.74, 6) is 2.84. The molecule has 9 heteroatoms. The van der Waals surface area contributed by atoms with Crippen molar-refractivity contribution in [1.82, 2.24) is 25.4 Å². The van der Waals surface area contributed by atoms with Gasteiger partial charge < -0.3 is 15.2 Å². The highest BCUT2D eigenvalue weighted by Gasteiger charge is 2.29. The molecule has 6 nitrogen and oxygen atoms in total. The van der Waals surface area contributed by atoms with Crippen molar-refractivity contribution in [2.24, 2.45) is 4.99 Å². The summed E-state index contributed by atoms with van der Waals surface area (Å²) in [6, 6.07) is 5.27. The fourth-order valence-electron chi connectivity index (χ4n) is 3.59. The van der Waals surface area contributed by atoms with Crippen molar-refractivity contribution in [3.05, 3.63) is 47.0 Å². The van der Waals surface area contributed by atoms with Gasteiger partial charge in [0.2, 0.25) is 0 Å². The Labute approximate surface area is 175 Å². The predicted octanol–water partition coefficient (Wildman–Crippen LogP) is 3.36. The maximum Gasteiger partial charge on any atom is 0.416 e. The molecule has 2 heterocycles. The van der Waals surface area contributed by atoms with Gasteiger partial charge in [0, 0.05) is 39.5 Å². The molecule has 1 aliphatic heterocycles. The number of halogens is 3. The molecule has 0 saturated heterocycles. The van der Waals surface area contributed by atoms with Crippen LogP contribution >= 0.6 is 0 Å². The van der Waals surface area contributed by atoms with Crippen LogP contribution in [0.2, 0.25) is 0 Å². The third kappa shape index (κ3) is 6.21. The van der Waals surface area contributed by atoms with Crippen molar-refractivity contribution in [2.75, 3.05) is 20.1 Å². The highest BCUT2D eigenvalue weighted by molar-refractivity contribution is 5.79. The standard InChI is InChI=1S/C21H29F3N6/c1-25-20(27-14-12-16-8-10-17(11-9-16)21(22,23)24)26-13-5-7-19-29-28-18-6-3-2-4-15-30(18)19/h8-11H,2-7,12-15H2,1H3,(H2,25,26,27). The Morgan fingerprint density at radius 3 is 2.53 bits per heavy atom. The van der Waals surface area contributed by atoms with E-state index in [2.05, 4.69) is 30.4 Å². The minimum atomic E-state index is -4.30. The highest BCUT2D eigenvalue weighted by atomic mass is 19.4.